The monoisotopic (exact) mass is 295 g/mol. The number of nitrogens with zero attached hydrogens (tertiary/aromatic N) is 1. The molecule has 1 aromatic carbocycles. The second-order valence-corrected chi connectivity index (χ2v) is 5.24. The number of benzene rings is 1. The van der Waals surface area contributed by atoms with Crippen molar-refractivity contribution in [3.63, 3.8) is 0 Å². The Bertz CT molecular complexity index is 517. The lowest BCUT2D eigenvalue weighted by Gasteiger charge is -2.16. The molecule has 0 saturated heterocycles. The van der Waals surface area contributed by atoms with E-state index in [-0.39, 0.29) is 5.69 Å². The second-order valence-electron chi connectivity index (χ2n) is 5.24. The van der Waals surface area contributed by atoms with E-state index in [1.807, 2.05) is 0 Å². The molecule has 1 aromatic rings. The van der Waals surface area contributed by atoms with Crippen LogP contribution in [0.25, 0.3) is 0 Å². The highest BCUT2D eigenvalue weighted by Crippen LogP contribution is 2.25. The SMILES string of the molecule is CC(C)CNCc1cc([N+](=O)[O-])ccc1OC(C)C(N)=O. The van der Waals surface area contributed by atoms with E-state index in [1.165, 1.54) is 25.1 Å². The molecular weight excluding hydrogens is 274 g/mol. The highest BCUT2D eigenvalue weighted by molar-refractivity contribution is 5.78. The van der Waals surface area contributed by atoms with Crippen LogP contribution in [0.4, 0.5) is 5.69 Å². The van der Waals surface area contributed by atoms with Gasteiger partial charge in [0.1, 0.15) is 5.75 Å². The maximum atomic E-state index is 11.1. The Balaban J connectivity index is 2.93. The molecule has 21 heavy (non-hydrogen) atoms. The standard InChI is InChI=1S/C14H21N3O4/c1-9(2)7-16-8-11-6-12(17(19)20)4-5-13(11)21-10(3)14(15)18/h4-6,9-10,16H,7-8H2,1-3H3,(H2,15,18). The average Bonchev–Trinajstić information content (AvgIpc) is 2.39. The maximum Gasteiger partial charge on any atom is 0.270 e. The molecule has 0 radical (unpaired) electrons. The number of nitro groups is 1. The Morgan fingerprint density at radius 2 is 2.10 bits per heavy atom. The van der Waals surface area contributed by atoms with Crippen LogP contribution in [0.2, 0.25) is 0 Å². The Hall–Kier alpha value is -2.15. The van der Waals surface area contributed by atoms with Gasteiger partial charge in [-0.05, 0) is 25.5 Å². The molecule has 0 heterocycles. The summed E-state index contributed by atoms with van der Waals surface area (Å²) in [5.74, 6) is 0.287. The number of amides is 1. The minimum Gasteiger partial charge on any atom is -0.481 e. The smallest absolute Gasteiger partial charge is 0.270 e. The Morgan fingerprint density at radius 1 is 1.43 bits per heavy atom. The summed E-state index contributed by atoms with van der Waals surface area (Å²) in [6.07, 6.45) is -0.796. The fourth-order valence-electron chi connectivity index (χ4n) is 1.68. The zero-order chi connectivity index (χ0) is 16.0. The molecule has 1 atom stereocenters. The number of ether oxygens (including phenoxy) is 1. The first-order valence-electron chi connectivity index (χ1n) is 6.75. The van der Waals surface area contributed by atoms with Crippen LogP contribution in [0.15, 0.2) is 18.2 Å². The van der Waals surface area contributed by atoms with E-state index >= 15 is 0 Å². The van der Waals surface area contributed by atoms with Gasteiger partial charge in [-0.2, -0.15) is 0 Å². The van der Waals surface area contributed by atoms with E-state index in [2.05, 4.69) is 19.2 Å². The molecule has 0 spiro atoms. The number of non-ortho nitro benzene ring substituents is 1. The lowest BCUT2D eigenvalue weighted by Crippen LogP contribution is -2.31. The lowest BCUT2D eigenvalue weighted by atomic mass is 10.1. The second kappa shape index (κ2) is 7.58. The summed E-state index contributed by atoms with van der Waals surface area (Å²) >= 11 is 0. The largest absolute Gasteiger partial charge is 0.481 e. The van der Waals surface area contributed by atoms with Gasteiger partial charge in [0.25, 0.3) is 11.6 Å². The van der Waals surface area contributed by atoms with Crippen molar-refractivity contribution in [3.8, 4) is 5.75 Å². The molecule has 0 bridgehead atoms. The number of primary amides is 1. The fraction of sp³-hybridized carbons (Fsp3) is 0.500. The van der Waals surface area contributed by atoms with Crippen LogP contribution >= 0.6 is 0 Å². The van der Waals surface area contributed by atoms with Crippen LogP contribution < -0.4 is 15.8 Å². The van der Waals surface area contributed by atoms with E-state index in [0.717, 1.165) is 6.54 Å². The maximum absolute atomic E-state index is 11.1. The van der Waals surface area contributed by atoms with Gasteiger partial charge in [-0.15, -0.1) is 0 Å². The number of nitro benzene ring substituents is 1. The summed E-state index contributed by atoms with van der Waals surface area (Å²) in [4.78, 5) is 21.4. The third-order valence-electron chi connectivity index (χ3n) is 2.83. The van der Waals surface area contributed by atoms with Crippen molar-refractivity contribution in [1.82, 2.24) is 5.32 Å². The van der Waals surface area contributed by atoms with Gasteiger partial charge in [-0.1, -0.05) is 13.8 Å². The van der Waals surface area contributed by atoms with Crippen molar-refractivity contribution in [2.45, 2.75) is 33.4 Å². The molecule has 0 saturated carbocycles. The van der Waals surface area contributed by atoms with Crippen molar-refractivity contribution in [2.24, 2.45) is 11.7 Å². The van der Waals surface area contributed by atoms with Crippen molar-refractivity contribution < 1.29 is 14.5 Å². The van der Waals surface area contributed by atoms with Crippen LogP contribution in [-0.4, -0.2) is 23.5 Å². The molecule has 0 aliphatic carbocycles. The van der Waals surface area contributed by atoms with Gasteiger partial charge >= 0.3 is 0 Å². The molecule has 0 aliphatic rings. The van der Waals surface area contributed by atoms with Crippen LogP contribution in [0, 0.1) is 16.0 Å². The molecule has 7 nitrogen and oxygen atoms in total. The predicted molar refractivity (Wildman–Crippen MR) is 78.9 cm³/mol. The van der Waals surface area contributed by atoms with Gasteiger partial charge in [-0.3, -0.25) is 14.9 Å². The fourth-order valence-corrected chi connectivity index (χ4v) is 1.68. The van der Waals surface area contributed by atoms with E-state index in [1.54, 1.807) is 0 Å². The van der Waals surface area contributed by atoms with Crippen LogP contribution in [0.3, 0.4) is 0 Å². The van der Waals surface area contributed by atoms with Gasteiger partial charge in [0.2, 0.25) is 0 Å². The zero-order valence-corrected chi connectivity index (χ0v) is 12.5. The number of nitrogens with two attached hydrogens (primary N) is 1. The highest BCUT2D eigenvalue weighted by atomic mass is 16.6. The molecule has 0 aromatic heterocycles. The predicted octanol–water partition coefficient (Wildman–Crippen LogP) is 1.59. The van der Waals surface area contributed by atoms with Gasteiger partial charge in [0.15, 0.2) is 6.10 Å². The number of rotatable bonds is 8. The van der Waals surface area contributed by atoms with Gasteiger partial charge in [-0.25, -0.2) is 0 Å². The number of carbonyl (C=O) groups excluding carboxylic acids is 1. The summed E-state index contributed by atoms with van der Waals surface area (Å²) in [7, 11) is 0. The van der Waals surface area contributed by atoms with Crippen molar-refractivity contribution >= 4 is 11.6 Å². The van der Waals surface area contributed by atoms with Crippen LogP contribution in [-0.2, 0) is 11.3 Å². The summed E-state index contributed by atoms with van der Waals surface area (Å²) in [5, 5.41) is 14.0. The first-order chi connectivity index (χ1) is 9.81. The van der Waals surface area contributed by atoms with Crippen molar-refractivity contribution in [2.75, 3.05) is 6.54 Å². The normalized spacial score (nSPS) is 12.2. The minimum atomic E-state index is -0.796. The van der Waals surface area contributed by atoms with Crippen molar-refractivity contribution in [3.05, 3.63) is 33.9 Å². The Morgan fingerprint density at radius 3 is 2.62 bits per heavy atom. The van der Waals surface area contributed by atoms with Crippen molar-refractivity contribution in [1.29, 1.82) is 0 Å². The lowest BCUT2D eigenvalue weighted by molar-refractivity contribution is -0.384. The van der Waals surface area contributed by atoms with E-state index in [0.29, 0.717) is 23.8 Å². The molecule has 3 N–H and O–H groups in total. The molecule has 1 unspecified atom stereocenters. The molecule has 0 fully saturated rings. The van der Waals surface area contributed by atoms with Gasteiger partial charge in [0.05, 0.1) is 4.92 Å². The first kappa shape index (κ1) is 16.9. The molecule has 7 heteroatoms. The average molecular weight is 295 g/mol. The molecular formula is C14H21N3O4. The van der Waals surface area contributed by atoms with Gasteiger partial charge < -0.3 is 15.8 Å². The van der Waals surface area contributed by atoms with Gasteiger partial charge in [0, 0.05) is 24.2 Å². The number of hydrogen-bond donors (Lipinski definition) is 2. The zero-order valence-electron chi connectivity index (χ0n) is 12.5. The third kappa shape index (κ3) is 5.39. The highest BCUT2D eigenvalue weighted by Gasteiger charge is 2.16. The summed E-state index contributed by atoms with van der Waals surface area (Å²) in [6, 6.07) is 4.27. The topological polar surface area (TPSA) is 107 Å². The van der Waals surface area contributed by atoms with Crippen LogP contribution in [0.5, 0.6) is 5.75 Å². The number of hydrogen-bond acceptors (Lipinski definition) is 5. The Kier molecular flexibility index (Phi) is 6.10. The quantitative estimate of drug-likeness (QED) is 0.559. The Labute approximate surface area is 123 Å². The number of carbonyl (C=O) groups is 1. The third-order valence-corrected chi connectivity index (χ3v) is 2.83. The summed E-state index contributed by atoms with van der Waals surface area (Å²) in [5.41, 5.74) is 5.77. The molecule has 1 rings (SSSR count). The van der Waals surface area contributed by atoms with E-state index in [4.69, 9.17) is 10.5 Å². The molecule has 116 valence electrons. The number of nitrogens with one attached hydrogen (secondary N) is 1. The van der Waals surface area contributed by atoms with Crippen LogP contribution in [0.1, 0.15) is 26.3 Å². The van der Waals surface area contributed by atoms with E-state index in [9.17, 15) is 14.9 Å². The summed E-state index contributed by atoms with van der Waals surface area (Å²) < 4.78 is 5.46. The molecule has 1 amide bonds. The summed E-state index contributed by atoms with van der Waals surface area (Å²) in [6.45, 7) is 6.85. The van der Waals surface area contributed by atoms with E-state index < -0.39 is 16.9 Å². The molecule has 0 aliphatic heterocycles. The first-order valence-corrected chi connectivity index (χ1v) is 6.75. The minimum absolute atomic E-state index is 0.0181.